The Morgan fingerprint density at radius 3 is 2.18 bits per heavy atom. The van der Waals surface area contributed by atoms with Crippen LogP contribution in [0.2, 0.25) is 0 Å². The van der Waals surface area contributed by atoms with Crippen molar-refractivity contribution in [3.05, 3.63) is 58.9 Å². The Labute approximate surface area is 156 Å². The Balaban J connectivity index is 2.03. The van der Waals surface area contributed by atoms with Crippen LogP contribution in [0.3, 0.4) is 0 Å². The Hall–Kier alpha value is -3.30. The second-order valence-electron chi connectivity index (χ2n) is 5.32. The van der Waals surface area contributed by atoms with Gasteiger partial charge < -0.3 is 9.47 Å². The maximum absolute atomic E-state index is 13.5. The number of hydrogen-bond acceptors (Lipinski definition) is 4. The summed E-state index contributed by atoms with van der Waals surface area (Å²) in [4.78, 5) is 11.8. The highest BCUT2D eigenvalue weighted by Gasteiger charge is 2.26. The molecule has 0 radical (unpaired) electrons. The van der Waals surface area contributed by atoms with Gasteiger partial charge in [0.25, 0.3) is 5.91 Å². The molecule has 0 aliphatic heterocycles. The van der Waals surface area contributed by atoms with Gasteiger partial charge in [0.05, 0.1) is 7.11 Å². The number of carbonyl (C=O) groups excluding carboxylic acids is 1. The summed E-state index contributed by atoms with van der Waals surface area (Å²) in [5.41, 5.74) is 2.89. The minimum absolute atomic E-state index is 0.210. The summed E-state index contributed by atoms with van der Waals surface area (Å²) < 4.78 is 76.6. The Morgan fingerprint density at radius 1 is 1.00 bits per heavy atom. The molecule has 0 aromatic heterocycles. The van der Waals surface area contributed by atoms with Crippen molar-refractivity contribution in [1.29, 1.82) is 0 Å². The average Bonchev–Trinajstić information content (AvgIpc) is 2.69. The summed E-state index contributed by atoms with van der Waals surface area (Å²) in [6, 6.07) is 4.89. The molecule has 0 saturated carbocycles. The maximum atomic E-state index is 13.5. The van der Waals surface area contributed by atoms with Gasteiger partial charge in [0.2, 0.25) is 5.82 Å². The van der Waals surface area contributed by atoms with Gasteiger partial charge in [-0.15, -0.1) is 0 Å². The van der Waals surface area contributed by atoms with E-state index in [0.717, 1.165) is 5.56 Å². The standard InChI is InChI=1S/C18H15F5N2O3/c1-3-4-9-5-6-10(11(7-9)27-2)28-8-12(26)24-25-18-16(22)14(20)13(19)15(21)17(18)23/h3-7,25H,8H2,1-2H3,(H,24,26)/b4-3+. The number of rotatable bonds is 7. The molecular weight excluding hydrogens is 387 g/mol. The first kappa shape index (κ1) is 21.0. The molecule has 0 aliphatic rings. The molecule has 2 aromatic rings. The van der Waals surface area contributed by atoms with Gasteiger partial charge in [0.1, 0.15) is 5.69 Å². The molecule has 10 heteroatoms. The van der Waals surface area contributed by atoms with Crippen LogP contribution in [0.1, 0.15) is 12.5 Å². The molecule has 28 heavy (non-hydrogen) atoms. The third-order valence-corrected chi connectivity index (χ3v) is 3.44. The van der Waals surface area contributed by atoms with Crippen molar-refractivity contribution >= 4 is 17.7 Å². The third-order valence-electron chi connectivity index (χ3n) is 3.44. The largest absolute Gasteiger partial charge is 0.493 e. The van der Waals surface area contributed by atoms with Crippen LogP contribution in [0.5, 0.6) is 11.5 Å². The summed E-state index contributed by atoms with van der Waals surface area (Å²) in [6.07, 6.45) is 3.63. The molecule has 0 bridgehead atoms. The van der Waals surface area contributed by atoms with Crippen LogP contribution in [0.25, 0.3) is 6.08 Å². The molecule has 0 fully saturated rings. The van der Waals surface area contributed by atoms with E-state index in [1.807, 2.05) is 19.1 Å². The number of hydrazine groups is 1. The lowest BCUT2D eigenvalue weighted by Gasteiger charge is -2.13. The van der Waals surface area contributed by atoms with E-state index in [1.54, 1.807) is 29.1 Å². The average molecular weight is 402 g/mol. The zero-order chi connectivity index (χ0) is 20.8. The van der Waals surface area contributed by atoms with Gasteiger partial charge in [-0.2, -0.15) is 0 Å². The monoisotopic (exact) mass is 402 g/mol. The van der Waals surface area contributed by atoms with Crippen molar-refractivity contribution in [1.82, 2.24) is 5.43 Å². The van der Waals surface area contributed by atoms with Crippen LogP contribution in [0.4, 0.5) is 27.6 Å². The molecule has 0 aliphatic carbocycles. The normalized spacial score (nSPS) is 10.8. The van der Waals surface area contributed by atoms with E-state index in [9.17, 15) is 26.7 Å². The first-order valence-electron chi connectivity index (χ1n) is 7.80. The number of amides is 1. The number of carbonyl (C=O) groups is 1. The summed E-state index contributed by atoms with van der Waals surface area (Å²) in [6.45, 7) is 1.21. The van der Waals surface area contributed by atoms with Crippen molar-refractivity contribution in [2.24, 2.45) is 0 Å². The van der Waals surface area contributed by atoms with E-state index < -0.39 is 47.3 Å². The SMILES string of the molecule is C/C=C/c1ccc(OCC(=O)NNc2c(F)c(F)c(F)c(F)c2F)c(OC)c1. The van der Waals surface area contributed by atoms with E-state index in [0.29, 0.717) is 5.75 Å². The fraction of sp³-hybridized carbons (Fsp3) is 0.167. The van der Waals surface area contributed by atoms with Gasteiger partial charge in [-0.3, -0.25) is 15.6 Å². The molecule has 1 amide bonds. The number of nitrogens with one attached hydrogen (secondary N) is 2. The van der Waals surface area contributed by atoms with E-state index >= 15 is 0 Å². The summed E-state index contributed by atoms with van der Waals surface area (Å²) in [5.74, 6) is -11.2. The third kappa shape index (κ3) is 4.51. The van der Waals surface area contributed by atoms with Gasteiger partial charge in [0, 0.05) is 0 Å². The predicted octanol–water partition coefficient (Wildman–Crippen LogP) is 3.95. The van der Waals surface area contributed by atoms with Gasteiger partial charge in [0.15, 0.2) is 41.4 Å². The number of anilines is 1. The molecule has 0 saturated heterocycles. The number of methoxy groups -OCH3 is 1. The molecule has 0 atom stereocenters. The molecule has 2 aromatic carbocycles. The highest BCUT2D eigenvalue weighted by Crippen LogP contribution is 2.29. The zero-order valence-corrected chi connectivity index (χ0v) is 14.7. The fourth-order valence-corrected chi connectivity index (χ4v) is 2.13. The minimum Gasteiger partial charge on any atom is -0.493 e. The van der Waals surface area contributed by atoms with Crippen LogP contribution >= 0.6 is 0 Å². The number of hydrogen-bond donors (Lipinski definition) is 2. The Bertz CT molecular complexity index is 890. The quantitative estimate of drug-likeness (QED) is 0.319. The zero-order valence-electron chi connectivity index (χ0n) is 14.7. The number of benzene rings is 2. The highest BCUT2D eigenvalue weighted by molar-refractivity contribution is 5.79. The molecule has 2 N–H and O–H groups in total. The lowest BCUT2D eigenvalue weighted by molar-refractivity contribution is -0.122. The molecule has 5 nitrogen and oxygen atoms in total. The predicted molar refractivity (Wildman–Crippen MR) is 91.2 cm³/mol. The summed E-state index contributed by atoms with van der Waals surface area (Å²) >= 11 is 0. The van der Waals surface area contributed by atoms with Gasteiger partial charge in [-0.25, -0.2) is 22.0 Å². The number of allylic oxidation sites excluding steroid dienone is 1. The van der Waals surface area contributed by atoms with Crippen LogP contribution in [-0.2, 0) is 4.79 Å². The smallest absolute Gasteiger partial charge is 0.276 e. The maximum Gasteiger partial charge on any atom is 0.276 e. The van der Waals surface area contributed by atoms with E-state index in [-0.39, 0.29) is 5.75 Å². The van der Waals surface area contributed by atoms with E-state index in [4.69, 9.17) is 9.47 Å². The summed E-state index contributed by atoms with van der Waals surface area (Å²) in [5, 5.41) is 0. The molecule has 0 unspecified atom stereocenters. The van der Waals surface area contributed by atoms with Crippen molar-refractivity contribution in [2.75, 3.05) is 19.1 Å². The van der Waals surface area contributed by atoms with Gasteiger partial charge >= 0.3 is 0 Å². The molecule has 150 valence electrons. The summed E-state index contributed by atoms with van der Waals surface area (Å²) in [7, 11) is 1.40. The van der Waals surface area contributed by atoms with Crippen molar-refractivity contribution in [3.8, 4) is 11.5 Å². The first-order chi connectivity index (χ1) is 13.3. The Kier molecular flexibility index (Phi) is 6.80. The second-order valence-corrected chi connectivity index (χ2v) is 5.32. The molecular formula is C18H15F5N2O3. The first-order valence-corrected chi connectivity index (χ1v) is 7.80. The Morgan fingerprint density at radius 2 is 1.61 bits per heavy atom. The van der Waals surface area contributed by atoms with Crippen molar-refractivity contribution in [2.45, 2.75) is 6.92 Å². The second kappa shape index (κ2) is 9.07. The highest BCUT2D eigenvalue weighted by atomic mass is 19.2. The number of halogens is 5. The fourth-order valence-electron chi connectivity index (χ4n) is 2.13. The lowest BCUT2D eigenvalue weighted by atomic mass is 10.2. The number of ether oxygens (including phenoxy) is 2. The van der Waals surface area contributed by atoms with Crippen LogP contribution in [-0.4, -0.2) is 19.6 Å². The molecule has 2 rings (SSSR count). The van der Waals surface area contributed by atoms with Crippen LogP contribution in [0.15, 0.2) is 24.3 Å². The molecule has 0 spiro atoms. The van der Waals surface area contributed by atoms with E-state index in [1.165, 1.54) is 7.11 Å². The molecule has 0 heterocycles. The lowest BCUT2D eigenvalue weighted by Crippen LogP contribution is -2.34. The minimum atomic E-state index is -2.30. The topological polar surface area (TPSA) is 59.6 Å². The van der Waals surface area contributed by atoms with E-state index in [2.05, 4.69) is 0 Å². The van der Waals surface area contributed by atoms with Crippen molar-refractivity contribution in [3.63, 3.8) is 0 Å². The van der Waals surface area contributed by atoms with Crippen molar-refractivity contribution < 1.29 is 36.2 Å². The van der Waals surface area contributed by atoms with Gasteiger partial charge in [-0.1, -0.05) is 18.2 Å². The van der Waals surface area contributed by atoms with Crippen LogP contribution in [0, 0.1) is 29.1 Å². The van der Waals surface area contributed by atoms with Gasteiger partial charge in [-0.05, 0) is 24.6 Å². The van der Waals surface area contributed by atoms with Crippen LogP contribution < -0.4 is 20.3 Å².